The van der Waals surface area contributed by atoms with Gasteiger partial charge in [-0.25, -0.2) is 0 Å². The van der Waals surface area contributed by atoms with Crippen molar-refractivity contribution in [2.75, 3.05) is 5.84 Å². The fourth-order valence-corrected chi connectivity index (χ4v) is 2.99. The predicted octanol–water partition coefficient (Wildman–Crippen LogP) is 3.33. The van der Waals surface area contributed by atoms with Gasteiger partial charge in [-0.1, -0.05) is 30.3 Å². The second-order valence-electron chi connectivity index (χ2n) is 5.43. The quantitative estimate of drug-likeness (QED) is 0.304. The van der Waals surface area contributed by atoms with Gasteiger partial charge >= 0.3 is 0 Å². The summed E-state index contributed by atoms with van der Waals surface area (Å²) >= 11 is 0. The van der Waals surface area contributed by atoms with Crippen LogP contribution >= 0.6 is 0 Å². The van der Waals surface area contributed by atoms with Crippen LogP contribution in [0.5, 0.6) is 0 Å². The fraction of sp³-hybridized carbons (Fsp3) is 0.0556. The number of nitrogens with zero attached hydrogens (tertiary/aromatic N) is 1. The highest BCUT2D eigenvalue weighted by molar-refractivity contribution is 6.11. The smallest absolute Gasteiger partial charge is 0.193 e. The van der Waals surface area contributed by atoms with Crippen molar-refractivity contribution in [3.8, 4) is 0 Å². The van der Waals surface area contributed by atoms with Crippen LogP contribution < -0.4 is 11.3 Å². The number of pyridine rings is 1. The summed E-state index contributed by atoms with van der Waals surface area (Å²) in [7, 11) is 0. The molecule has 102 valence electrons. The summed E-state index contributed by atoms with van der Waals surface area (Å²) in [6.07, 6.45) is 1.68. The minimum absolute atomic E-state index is 0.0487. The van der Waals surface area contributed by atoms with Gasteiger partial charge in [-0.2, -0.15) is 0 Å². The molecule has 0 unspecified atom stereocenters. The van der Waals surface area contributed by atoms with Crippen molar-refractivity contribution in [3.63, 3.8) is 0 Å². The molecule has 0 aliphatic carbocycles. The molecule has 0 fully saturated rings. The Hall–Kier alpha value is -2.81. The minimum atomic E-state index is 0.0487. The van der Waals surface area contributed by atoms with E-state index in [-0.39, 0.29) is 5.43 Å². The van der Waals surface area contributed by atoms with E-state index in [1.165, 1.54) is 10.1 Å². The van der Waals surface area contributed by atoms with E-state index in [4.69, 9.17) is 5.84 Å². The van der Waals surface area contributed by atoms with Gasteiger partial charge in [0.1, 0.15) is 0 Å². The highest BCUT2D eigenvalue weighted by atomic mass is 16.1. The van der Waals surface area contributed by atoms with Gasteiger partial charge in [-0.05, 0) is 46.7 Å². The summed E-state index contributed by atoms with van der Waals surface area (Å²) in [4.78, 5) is 12.6. The molecule has 0 bridgehead atoms. The molecule has 4 aromatic rings. The predicted molar refractivity (Wildman–Crippen MR) is 88.1 cm³/mol. The third kappa shape index (κ3) is 1.64. The second-order valence-corrected chi connectivity index (χ2v) is 5.43. The normalized spacial score (nSPS) is 11.5. The fourth-order valence-electron chi connectivity index (χ4n) is 2.99. The third-order valence-corrected chi connectivity index (χ3v) is 4.06. The van der Waals surface area contributed by atoms with Gasteiger partial charge in [-0.15, -0.1) is 0 Å². The highest BCUT2D eigenvalue weighted by Crippen LogP contribution is 2.27. The maximum Gasteiger partial charge on any atom is 0.193 e. The molecule has 21 heavy (non-hydrogen) atoms. The maximum atomic E-state index is 12.6. The summed E-state index contributed by atoms with van der Waals surface area (Å²) in [6.45, 7) is 1.80. The molecule has 0 spiro atoms. The van der Waals surface area contributed by atoms with E-state index < -0.39 is 0 Å². The third-order valence-electron chi connectivity index (χ3n) is 4.06. The number of hydrogen-bond donors (Lipinski definition) is 1. The standard InChI is InChI=1S/C18H14N2O/c1-11-10-20(19)16-7-6-14-8-12-4-2-3-5-13(12)9-15(14)17(16)18(11)21/h2-10H,19H2,1H3. The van der Waals surface area contributed by atoms with Crippen LogP contribution in [-0.2, 0) is 0 Å². The van der Waals surface area contributed by atoms with Crippen LogP contribution in [0.25, 0.3) is 32.4 Å². The largest absolute Gasteiger partial charge is 0.339 e. The lowest BCUT2D eigenvalue weighted by Crippen LogP contribution is -2.17. The van der Waals surface area contributed by atoms with Crippen molar-refractivity contribution >= 4 is 32.4 Å². The van der Waals surface area contributed by atoms with Gasteiger partial charge in [0.25, 0.3) is 0 Å². The monoisotopic (exact) mass is 274 g/mol. The van der Waals surface area contributed by atoms with Crippen LogP contribution in [0.1, 0.15) is 5.56 Å². The van der Waals surface area contributed by atoms with Gasteiger partial charge in [-0.3, -0.25) is 9.47 Å². The number of hydrogen-bond acceptors (Lipinski definition) is 2. The van der Waals surface area contributed by atoms with E-state index in [0.717, 1.165) is 21.7 Å². The second kappa shape index (κ2) is 4.09. The van der Waals surface area contributed by atoms with E-state index in [2.05, 4.69) is 24.3 Å². The zero-order chi connectivity index (χ0) is 14.6. The Labute approximate surface area is 121 Å². The molecule has 0 aliphatic rings. The molecular formula is C18H14N2O. The van der Waals surface area contributed by atoms with Crippen LogP contribution in [-0.4, -0.2) is 4.68 Å². The summed E-state index contributed by atoms with van der Waals surface area (Å²) < 4.78 is 1.53. The summed E-state index contributed by atoms with van der Waals surface area (Å²) in [5.41, 5.74) is 1.46. The van der Waals surface area contributed by atoms with E-state index in [1.54, 1.807) is 13.1 Å². The van der Waals surface area contributed by atoms with Gasteiger partial charge in [0.05, 0.1) is 10.9 Å². The van der Waals surface area contributed by atoms with Crippen molar-refractivity contribution in [2.45, 2.75) is 6.92 Å². The Balaban J connectivity index is 2.33. The Kier molecular flexibility index (Phi) is 2.33. The van der Waals surface area contributed by atoms with Crippen LogP contribution in [0, 0.1) is 6.92 Å². The van der Waals surface area contributed by atoms with E-state index in [0.29, 0.717) is 10.9 Å². The SMILES string of the molecule is Cc1cn(N)c2ccc3cc4ccccc4cc3c2c1=O. The lowest BCUT2D eigenvalue weighted by molar-refractivity contribution is 1.03. The molecular weight excluding hydrogens is 260 g/mol. The number of benzene rings is 3. The lowest BCUT2D eigenvalue weighted by atomic mass is 9.99. The zero-order valence-electron chi connectivity index (χ0n) is 11.6. The van der Waals surface area contributed by atoms with Crippen LogP contribution in [0.4, 0.5) is 0 Å². The highest BCUT2D eigenvalue weighted by Gasteiger charge is 2.09. The Morgan fingerprint density at radius 3 is 2.43 bits per heavy atom. The van der Waals surface area contributed by atoms with Crippen molar-refractivity contribution in [2.24, 2.45) is 0 Å². The number of aromatic nitrogens is 1. The summed E-state index contributed by atoms with van der Waals surface area (Å²) in [5, 5.41) is 5.01. The van der Waals surface area contributed by atoms with E-state index >= 15 is 0 Å². The molecule has 3 aromatic carbocycles. The number of nitrogen functional groups attached to an aromatic ring is 1. The van der Waals surface area contributed by atoms with Gasteiger partial charge in [0.2, 0.25) is 0 Å². The Morgan fingerprint density at radius 2 is 1.67 bits per heavy atom. The molecule has 4 rings (SSSR count). The van der Waals surface area contributed by atoms with Gasteiger partial charge in [0, 0.05) is 11.8 Å². The van der Waals surface area contributed by atoms with Crippen LogP contribution in [0.15, 0.2) is 59.5 Å². The molecule has 0 atom stereocenters. The minimum Gasteiger partial charge on any atom is -0.339 e. The van der Waals surface area contributed by atoms with Crippen molar-refractivity contribution in [3.05, 3.63) is 70.5 Å². The molecule has 0 saturated carbocycles. The maximum absolute atomic E-state index is 12.6. The van der Waals surface area contributed by atoms with Crippen LogP contribution in [0.2, 0.25) is 0 Å². The Morgan fingerprint density at radius 1 is 0.952 bits per heavy atom. The van der Waals surface area contributed by atoms with Crippen molar-refractivity contribution < 1.29 is 0 Å². The van der Waals surface area contributed by atoms with E-state index in [9.17, 15) is 4.79 Å². The number of aryl methyl sites for hydroxylation is 1. The van der Waals surface area contributed by atoms with Gasteiger partial charge < -0.3 is 5.84 Å². The lowest BCUT2D eigenvalue weighted by Gasteiger charge is -2.10. The zero-order valence-corrected chi connectivity index (χ0v) is 11.6. The number of fused-ring (bicyclic) bond motifs is 4. The molecule has 0 aliphatic heterocycles. The first-order chi connectivity index (χ1) is 10.1. The molecule has 1 heterocycles. The summed E-state index contributed by atoms with van der Waals surface area (Å²) in [6, 6.07) is 16.3. The van der Waals surface area contributed by atoms with Crippen LogP contribution in [0.3, 0.4) is 0 Å². The first-order valence-electron chi connectivity index (χ1n) is 6.88. The molecule has 0 saturated heterocycles. The van der Waals surface area contributed by atoms with Crippen molar-refractivity contribution in [1.82, 2.24) is 4.68 Å². The van der Waals surface area contributed by atoms with E-state index in [1.807, 2.05) is 24.3 Å². The Bertz CT molecular complexity index is 1080. The summed E-state index contributed by atoms with van der Waals surface area (Å²) in [5.74, 6) is 6.01. The van der Waals surface area contributed by atoms with Crippen molar-refractivity contribution in [1.29, 1.82) is 0 Å². The molecule has 0 radical (unpaired) electrons. The average Bonchev–Trinajstić information content (AvgIpc) is 2.49. The molecule has 2 N–H and O–H groups in total. The van der Waals surface area contributed by atoms with Gasteiger partial charge in [0.15, 0.2) is 5.43 Å². The average molecular weight is 274 g/mol. The molecule has 3 nitrogen and oxygen atoms in total. The number of nitrogens with two attached hydrogens (primary N) is 1. The first-order valence-corrected chi connectivity index (χ1v) is 6.88. The number of rotatable bonds is 0. The first kappa shape index (κ1) is 12.0. The topological polar surface area (TPSA) is 48.0 Å². The molecule has 3 heteroatoms. The molecule has 1 aromatic heterocycles. The molecule has 0 amide bonds.